The molecule has 2 amide bonds. The van der Waals surface area contributed by atoms with Crippen molar-refractivity contribution in [3.8, 4) is 0 Å². The zero-order chi connectivity index (χ0) is 18.1. The normalized spacial score (nSPS) is 13.4. The zero-order valence-corrected chi connectivity index (χ0v) is 15.6. The third kappa shape index (κ3) is 5.64. The third-order valence-corrected chi connectivity index (χ3v) is 4.42. The summed E-state index contributed by atoms with van der Waals surface area (Å²) in [6.07, 6.45) is 1.01. The van der Waals surface area contributed by atoms with Gasteiger partial charge in [0.2, 0.25) is 11.8 Å². The second-order valence-corrected chi connectivity index (χ2v) is 6.08. The summed E-state index contributed by atoms with van der Waals surface area (Å²) < 4.78 is 0. The van der Waals surface area contributed by atoms with E-state index in [2.05, 4.69) is 30.5 Å². The van der Waals surface area contributed by atoms with Crippen molar-refractivity contribution in [2.75, 3.05) is 25.0 Å². The van der Waals surface area contributed by atoms with E-state index < -0.39 is 0 Å². The smallest absolute Gasteiger partial charge is 0.241 e. The van der Waals surface area contributed by atoms with Crippen molar-refractivity contribution in [2.45, 2.75) is 53.0 Å². The van der Waals surface area contributed by atoms with Crippen LogP contribution in [0.2, 0.25) is 0 Å². The van der Waals surface area contributed by atoms with Gasteiger partial charge < -0.3 is 10.6 Å². The molecule has 1 rings (SSSR count). The highest BCUT2D eigenvalue weighted by molar-refractivity contribution is 5.95. The number of anilines is 1. The quantitative estimate of drug-likeness (QED) is 0.730. The van der Waals surface area contributed by atoms with Gasteiger partial charge in [0, 0.05) is 12.2 Å². The molecule has 0 saturated carbocycles. The summed E-state index contributed by atoms with van der Waals surface area (Å²) in [4.78, 5) is 26.3. The molecule has 24 heavy (non-hydrogen) atoms. The fourth-order valence-electron chi connectivity index (χ4n) is 2.62. The SMILES string of the molecule is CCNC(=O)CN(CC)[C@H](C)C(=O)Nc1ccccc1[C@H](C)CC. The number of carbonyl (C=O) groups is 2. The number of amides is 2. The van der Waals surface area contributed by atoms with Gasteiger partial charge in [-0.3, -0.25) is 14.5 Å². The van der Waals surface area contributed by atoms with Crippen molar-refractivity contribution in [1.82, 2.24) is 10.2 Å². The minimum absolute atomic E-state index is 0.0565. The number of hydrogen-bond donors (Lipinski definition) is 2. The predicted molar refractivity (Wildman–Crippen MR) is 99.2 cm³/mol. The fourth-order valence-corrected chi connectivity index (χ4v) is 2.62. The van der Waals surface area contributed by atoms with Crippen molar-refractivity contribution in [3.63, 3.8) is 0 Å². The molecule has 0 spiro atoms. The van der Waals surface area contributed by atoms with Gasteiger partial charge in [0.05, 0.1) is 12.6 Å². The zero-order valence-electron chi connectivity index (χ0n) is 15.6. The minimum atomic E-state index is -0.373. The van der Waals surface area contributed by atoms with Crippen LogP contribution in [0.3, 0.4) is 0 Å². The Morgan fingerprint density at radius 1 is 1.12 bits per heavy atom. The maximum absolute atomic E-state index is 12.6. The number of nitrogens with one attached hydrogen (secondary N) is 2. The Morgan fingerprint density at radius 2 is 1.79 bits per heavy atom. The highest BCUT2D eigenvalue weighted by atomic mass is 16.2. The molecule has 0 heterocycles. The maximum atomic E-state index is 12.6. The van der Waals surface area contributed by atoms with Crippen LogP contribution in [0.25, 0.3) is 0 Å². The molecule has 0 unspecified atom stereocenters. The molecule has 1 aromatic carbocycles. The van der Waals surface area contributed by atoms with Crippen molar-refractivity contribution in [1.29, 1.82) is 0 Å². The monoisotopic (exact) mass is 333 g/mol. The first-order chi connectivity index (χ1) is 11.4. The van der Waals surface area contributed by atoms with E-state index in [4.69, 9.17) is 0 Å². The lowest BCUT2D eigenvalue weighted by Gasteiger charge is -2.27. The molecule has 0 saturated heterocycles. The molecule has 2 atom stereocenters. The molecule has 0 aliphatic heterocycles. The first kappa shape index (κ1) is 20.2. The van der Waals surface area contributed by atoms with Gasteiger partial charge in [0.15, 0.2) is 0 Å². The molecule has 134 valence electrons. The Bertz CT molecular complexity index is 545. The molecule has 2 N–H and O–H groups in total. The second kappa shape index (κ2) is 10.1. The van der Waals surface area contributed by atoms with Crippen LogP contribution < -0.4 is 10.6 Å². The van der Waals surface area contributed by atoms with Gasteiger partial charge in [-0.15, -0.1) is 0 Å². The van der Waals surface area contributed by atoms with Crippen LogP contribution in [0, 0.1) is 0 Å². The molecule has 0 aromatic heterocycles. The van der Waals surface area contributed by atoms with Gasteiger partial charge in [-0.1, -0.05) is 39.0 Å². The van der Waals surface area contributed by atoms with Gasteiger partial charge in [-0.2, -0.15) is 0 Å². The van der Waals surface area contributed by atoms with Gasteiger partial charge in [0.25, 0.3) is 0 Å². The Kier molecular flexibility index (Phi) is 8.47. The van der Waals surface area contributed by atoms with Crippen LogP contribution in [-0.2, 0) is 9.59 Å². The lowest BCUT2D eigenvalue weighted by Crippen LogP contribution is -2.46. The number of benzene rings is 1. The second-order valence-electron chi connectivity index (χ2n) is 6.08. The Hall–Kier alpha value is -1.88. The van der Waals surface area contributed by atoms with Crippen LogP contribution in [0.5, 0.6) is 0 Å². The van der Waals surface area contributed by atoms with Gasteiger partial charge in [0.1, 0.15) is 0 Å². The van der Waals surface area contributed by atoms with Gasteiger partial charge in [-0.25, -0.2) is 0 Å². The van der Waals surface area contributed by atoms with Crippen LogP contribution >= 0.6 is 0 Å². The van der Waals surface area contributed by atoms with Crippen LogP contribution in [0.1, 0.15) is 52.5 Å². The molecule has 1 aromatic rings. The van der Waals surface area contributed by atoms with E-state index >= 15 is 0 Å². The third-order valence-electron chi connectivity index (χ3n) is 4.42. The largest absolute Gasteiger partial charge is 0.355 e. The van der Waals surface area contributed by atoms with Crippen molar-refractivity contribution >= 4 is 17.5 Å². The number of para-hydroxylation sites is 1. The fraction of sp³-hybridized carbons (Fsp3) is 0.579. The van der Waals surface area contributed by atoms with Crippen LogP contribution in [0.15, 0.2) is 24.3 Å². The van der Waals surface area contributed by atoms with Crippen LogP contribution in [-0.4, -0.2) is 42.4 Å². The number of likely N-dealkylation sites (N-methyl/N-ethyl adjacent to an activating group) is 2. The molecular formula is C19H31N3O2. The first-order valence-electron chi connectivity index (χ1n) is 8.84. The summed E-state index contributed by atoms with van der Waals surface area (Å²) in [5.74, 6) is 0.241. The standard InChI is InChI=1S/C19H31N3O2/c1-6-14(4)16-11-9-10-12-17(16)21-19(24)15(5)22(8-3)13-18(23)20-7-2/h9-12,14-15H,6-8,13H2,1-5H3,(H,20,23)(H,21,24)/t14-,15-/m1/s1. The van der Waals surface area contributed by atoms with E-state index in [9.17, 15) is 9.59 Å². The average Bonchev–Trinajstić information content (AvgIpc) is 2.59. The van der Waals surface area contributed by atoms with Crippen molar-refractivity contribution in [3.05, 3.63) is 29.8 Å². The summed E-state index contributed by atoms with van der Waals surface area (Å²) in [5.41, 5.74) is 2.00. The molecule has 5 nitrogen and oxygen atoms in total. The molecule has 0 radical (unpaired) electrons. The topological polar surface area (TPSA) is 61.4 Å². The molecule has 0 aliphatic carbocycles. The predicted octanol–water partition coefficient (Wildman–Crippen LogP) is 2.99. The highest BCUT2D eigenvalue weighted by Crippen LogP contribution is 2.26. The molecule has 0 fully saturated rings. The number of hydrogen-bond acceptors (Lipinski definition) is 3. The molecule has 0 bridgehead atoms. The summed E-state index contributed by atoms with van der Waals surface area (Å²) in [6.45, 7) is 11.4. The average molecular weight is 333 g/mol. The summed E-state index contributed by atoms with van der Waals surface area (Å²) in [5, 5.41) is 5.81. The van der Waals surface area contributed by atoms with Crippen molar-refractivity contribution < 1.29 is 9.59 Å². The van der Waals surface area contributed by atoms with Gasteiger partial charge >= 0.3 is 0 Å². The van der Waals surface area contributed by atoms with E-state index in [0.717, 1.165) is 17.7 Å². The maximum Gasteiger partial charge on any atom is 0.241 e. The van der Waals surface area contributed by atoms with E-state index in [1.807, 2.05) is 43.9 Å². The first-order valence-corrected chi connectivity index (χ1v) is 8.84. The van der Waals surface area contributed by atoms with Crippen LogP contribution in [0.4, 0.5) is 5.69 Å². The lowest BCUT2D eigenvalue weighted by molar-refractivity contribution is -0.125. The van der Waals surface area contributed by atoms with E-state index in [1.165, 1.54) is 0 Å². The summed E-state index contributed by atoms with van der Waals surface area (Å²) in [7, 11) is 0. The minimum Gasteiger partial charge on any atom is -0.355 e. The number of carbonyl (C=O) groups excluding carboxylic acids is 2. The molecular weight excluding hydrogens is 302 g/mol. The number of nitrogens with zero attached hydrogens (tertiary/aromatic N) is 1. The van der Waals surface area contributed by atoms with Crippen molar-refractivity contribution in [2.24, 2.45) is 0 Å². The van der Waals surface area contributed by atoms with E-state index in [1.54, 1.807) is 0 Å². The highest BCUT2D eigenvalue weighted by Gasteiger charge is 2.23. The molecule has 5 heteroatoms. The molecule has 0 aliphatic rings. The van der Waals surface area contributed by atoms with E-state index in [-0.39, 0.29) is 24.4 Å². The Morgan fingerprint density at radius 3 is 2.38 bits per heavy atom. The summed E-state index contributed by atoms with van der Waals surface area (Å²) >= 11 is 0. The van der Waals surface area contributed by atoms with E-state index in [0.29, 0.717) is 19.0 Å². The number of rotatable bonds is 9. The Balaban J connectivity index is 2.81. The Labute approximate surface area is 145 Å². The summed E-state index contributed by atoms with van der Waals surface area (Å²) in [6, 6.07) is 7.54. The van der Waals surface area contributed by atoms with Gasteiger partial charge in [-0.05, 0) is 44.4 Å². The lowest BCUT2D eigenvalue weighted by atomic mass is 9.97.